The molecule has 0 heterocycles. The molecule has 0 radical (unpaired) electrons. The third kappa shape index (κ3) is 3.03. The maximum atomic E-state index is 9.11. The third-order valence-corrected chi connectivity index (χ3v) is 2.94. The summed E-state index contributed by atoms with van der Waals surface area (Å²) < 4.78 is 0.918. The molecule has 0 amide bonds. The summed E-state index contributed by atoms with van der Waals surface area (Å²) in [6.45, 7) is 0.540. The van der Waals surface area contributed by atoms with Gasteiger partial charge in [0.25, 0.3) is 0 Å². The lowest BCUT2D eigenvalue weighted by Gasteiger charge is -2.22. The Kier molecular flexibility index (Phi) is 4.76. The predicted octanol–water partition coefficient (Wildman–Crippen LogP) is 1.94. The first kappa shape index (κ1) is 12.2. The smallest absolute Gasteiger partial charge is 0.124 e. The number of rotatable bonds is 4. The van der Waals surface area contributed by atoms with Crippen molar-refractivity contribution in [3.63, 3.8) is 0 Å². The van der Waals surface area contributed by atoms with Gasteiger partial charge in [0, 0.05) is 11.0 Å². The molecule has 4 heteroatoms. The highest BCUT2D eigenvalue weighted by atomic mass is 79.9. The number of halogens is 1. The molecule has 0 aromatic heterocycles. The van der Waals surface area contributed by atoms with Gasteiger partial charge in [-0.25, -0.2) is 0 Å². The number of benzene rings is 1. The van der Waals surface area contributed by atoms with Crippen LogP contribution in [0.3, 0.4) is 0 Å². The largest absolute Gasteiger partial charge is 0.395 e. The molecule has 1 aromatic rings. The summed E-state index contributed by atoms with van der Waals surface area (Å²) in [4.78, 5) is 1.82. The summed E-state index contributed by atoms with van der Waals surface area (Å²) in [6.07, 6.45) is 0. The molecule has 0 saturated heterocycles. The summed E-state index contributed by atoms with van der Waals surface area (Å²) in [5.74, 6) is 0. The highest BCUT2D eigenvalue weighted by Gasteiger charge is 2.17. The lowest BCUT2D eigenvalue weighted by atomic mass is 10.1. The minimum atomic E-state index is -0.326. The molecule has 0 bridgehead atoms. The van der Waals surface area contributed by atoms with Crippen LogP contribution in [0.15, 0.2) is 28.7 Å². The first-order chi connectivity index (χ1) is 7.20. The summed E-state index contributed by atoms with van der Waals surface area (Å²) in [6, 6.07) is 9.53. The summed E-state index contributed by atoms with van der Waals surface area (Å²) in [7, 11) is 1.82. The molecule has 0 fully saturated rings. The lowest BCUT2D eigenvalue weighted by Crippen LogP contribution is -2.26. The quantitative estimate of drug-likeness (QED) is 0.908. The second-order valence-electron chi connectivity index (χ2n) is 3.26. The molecule has 0 spiro atoms. The van der Waals surface area contributed by atoms with Crippen molar-refractivity contribution in [3.8, 4) is 6.07 Å². The Hall–Kier alpha value is -0.890. The Balaban J connectivity index is 2.94. The molecule has 0 saturated carbocycles. The molecule has 1 atom stereocenters. The number of nitrogens with zero attached hydrogens (tertiary/aromatic N) is 2. The van der Waals surface area contributed by atoms with Crippen LogP contribution in [0.5, 0.6) is 0 Å². The van der Waals surface area contributed by atoms with Crippen molar-refractivity contribution in [3.05, 3.63) is 34.3 Å². The zero-order valence-electron chi connectivity index (χ0n) is 8.52. The fraction of sp³-hybridized carbons (Fsp3) is 0.364. The van der Waals surface area contributed by atoms with Gasteiger partial charge in [-0.05, 0) is 18.7 Å². The Morgan fingerprint density at radius 3 is 2.73 bits per heavy atom. The molecule has 1 aromatic carbocycles. The SMILES string of the molecule is CN(CCO)C(C#N)c1ccccc1Br. The van der Waals surface area contributed by atoms with Gasteiger partial charge in [-0.15, -0.1) is 0 Å². The lowest BCUT2D eigenvalue weighted by molar-refractivity contribution is 0.202. The van der Waals surface area contributed by atoms with E-state index in [1.165, 1.54) is 0 Å². The van der Waals surface area contributed by atoms with Crippen LogP contribution in [-0.4, -0.2) is 30.2 Å². The van der Waals surface area contributed by atoms with Crippen LogP contribution < -0.4 is 0 Å². The molecule has 1 N–H and O–H groups in total. The maximum absolute atomic E-state index is 9.11. The standard InChI is InChI=1S/C11H13BrN2O/c1-14(6-7-15)11(8-13)9-4-2-3-5-10(9)12/h2-5,11,15H,6-7H2,1H3. The van der Waals surface area contributed by atoms with Gasteiger partial charge < -0.3 is 5.11 Å². The van der Waals surface area contributed by atoms with Crippen molar-refractivity contribution in [2.24, 2.45) is 0 Å². The topological polar surface area (TPSA) is 47.3 Å². The van der Waals surface area contributed by atoms with Gasteiger partial charge in [0.2, 0.25) is 0 Å². The van der Waals surface area contributed by atoms with Crippen molar-refractivity contribution in [1.82, 2.24) is 4.90 Å². The van der Waals surface area contributed by atoms with Crippen LogP contribution >= 0.6 is 15.9 Å². The Labute approximate surface area is 98.1 Å². The normalized spacial score (nSPS) is 12.5. The average Bonchev–Trinajstić information content (AvgIpc) is 2.22. The number of likely N-dealkylation sites (N-methyl/N-ethyl adjacent to an activating group) is 1. The van der Waals surface area contributed by atoms with E-state index >= 15 is 0 Å². The minimum Gasteiger partial charge on any atom is -0.395 e. The highest BCUT2D eigenvalue weighted by molar-refractivity contribution is 9.10. The zero-order chi connectivity index (χ0) is 11.3. The number of hydrogen-bond acceptors (Lipinski definition) is 3. The fourth-order valence-electron chi connectivity index (χ4n) is 1.39. The molecule has 80 valence electrons. The van der Waals surface area contributed by atoms with Gasteiger partial charge in [-0.3, -0.25) is 4.90 Å². The van der Waals surface area contributed by atoms with E-state index in [2.05, 4.69) is 22.0 Å². The van der Waals surface area contributed by atoms with E-state index in [1.54, 1.807) is 0 Å². The van der Waals surface area contributed by atoms with E-state index in [9.17, 15) is 0 Å². The van der Waals surface area contributed by atoms with Crippen molar-refractivity contribution in [2.45, 2.75) is 6.04 Å². The van der Waals surface area contributed by atoms with Crippen LogP contribution in [0.25, 0.3) is 0 Å². The van der Waals surface area contributed by atoms with E-state index in [1.807, 2.05) is 36.2 Å². The third-order valence-electron chi connectivity index (χ3n) is 2.22. The van der Waals surface area contributed by atoms with Gasteiger partial charge in [0.05, 0.1) is 12.7 Å². The Morgan fingerprint density at radius 1 is 1.53 bits per heavy atom. The second-order valence-corrected chi connectivity index (χ2v) is 4.11. The molecule has 1 unspecified atom stereocenters. The molecule has 0 aliphatic heterocycles. The highest BCUT2D eigenvalue weighted by Crippen LogP contribution is 2.26. The van der Waals surface area contributed by atoms with Crippen molar-refractivity contribution in [2.75, 3.05) is 20.2 Å². The van der Waals surface area contributed by atoms with E-state index in [-0.39, 0.29) is 12.6 Å². The van der Waals surface area contributed by atoms with Gasteiger partial charge in [-0.2, -0.15) is 5.26 Å². The second kappa shape index (κ2) is 5.86. The first-order valence-electron chi connectivity index (χ1n) is 4.66. The van der Waals surface area contributed by atoms with Gasteiger partial charge in [-0.1, -0.05) is 34.1 Å². The van der Waals surface area contributed by atoms with E-state index in [0.717, 1.165) is 10.0 Å². The summed E-state index contributed by atoms with van der Waals surface area (Å²) in [5, 5.41) is 17.9. The molecule has 1 rings (SSSR count). The van der Waals surface area contributed by atoms with Crippen molar-refractivity contribution >= 4 is 15.9 Å². The number of nitriles is 1. The van der Waals surface area contributed by atoms with Crippen LogP contribution in [0, 0.1) is 11.3 Å². The monoisotopic (exact) mass is 268 g/mol. The van der Waals surface area contributed by atoms with Crippen LogP contribution in [-0.2, 0) is 0 Å². The number of aliphatic hydroxyl groups excluding tert-OH is 1. The predicted molar refractivity (Wildman–Crippen MR) is 62.2 cm³/mol. The molecular formula is C11H13BrN2O. The summed E-state index contributed by atoms with van der Waals surface area (Å²) >= 11 is 3.42. The zero-order valence-corrected chi connectivity index (χ0v) is 10.1. The van der Waals surface area contributed by atoms with Crippen molar-refractivity contribution < 1.29 is 5.11 Å². The number of aliphatic hydroxyl groups is 1. The molecule has 0 aliphatic rings. The average molecular weight is 269 g/mol. The molecular weight excluding hydrogens is 256 g/mol. The summed E-state index contributed by atoms with van der Waals surface area (Å²) in [5.41, 5.74) is 0.927. The Bertz CT molecular complexity index is 362. The fourth-order valence-corrected chi connectivity index (χ4v) is 1.89. The van der Waals surface area contributed by atoms with E-state index < -0.39 is 0 Å². The van der Waals surface area contributed by atoms with E-state index in [4.69, 9.17) is 10.4 Å². The van der Waals surface area contributed by atoms with Gasteiger partial charge in [0.1, 0.15) is 6.04 Å². The molecule has 15 heavy (non-hydrogen) atoms. The molecule has 3 nitrogen and oxygen atoms in total. The maximum Gasteiger partial charge on any atom is 0.124 e. The Morgan fingerprint density at radius 2 is 2.20 bits per heavy atom. The van der Waals surface area contributed by atoms with Crippen LogP contribution in [0.2, 0.25) is 0 Å². The minimum absolute atomic E-state index is 0.0547. The van der Waals surface area contributed by atoms with Gasteiger partial charge >= 0.3 is 0 Å². The van der Waals surface area contributed by atoms with Gasteiger partial charge in [0.15, 0.2) is 0 Å². The first-order valence-corrected chi connectivity index (χ1v) is 5.45. The van der Waals surface area contributed by atoms with E-state index in [0.29, 0.717) is 6.54 Å². The molecule has 0 aliphatic carbocycles. The van der Waals surface area contributed by atoms with Crippen LogP contribution in [0.4, 0.5) is 0 Å². The number of hydrogen-bond donors (Lipinski definition) is 1. The van der Waals surface area contributed by atoms with Crippen molar-refractivity contribution in [1.29, 1.82) is 5.26 Å². The van der Waals surface area contributed by atoms with Crippen LogP contribution in [0.1, 0.15) is 11.6 Å².